The fourth-order valence-corrected chi connectivity index (χ4v) is 4.97. The third kappa shape index (κ3) is 5.59. The number of benzene rings is 2. The van der Waals surface area contributed by atoms with Crippen LogP contribution >= 0.6 is 0 Å². The predicted molar refractivity (Wildman–Crippen MR) is 129 cm³/mol. The third-order valence-corrected chi connectivity index (χ3v) is 6.70. The number of ether oxygens (including phenoxy) is 3. The fourth-order valence-electron chi connectivity index (χ4n) is 4.97. The van der Waals surface area contributed by atoms with Crippen LogP contribution in [0.4, 0.5) is 0 Å². The zero-order valence-corrected chi connectivity index (χ0v) is 20.1. The number of carbonyl (C=O) groups excluding carboxylic acids is 2. The quantitative estimate of drug-likeness (QED) is 0.488. The molecule has 0 aromatic heterocycles. The molecule has 0 radical (unpaired) electrons. The van der Waals surface area contributed by atoms with Crippen molar-refractivity contribution in [1.82, 2.24) is 10.0 Å². The number of amides is 1. The van der Waals surface area contributed by atoms with Crippen LogP contribution < -0.4 is 9.47 Å². The summed E-state index contributed by atoms with van der Waals surface area (Å²) in [6.45, 7) is 1.93. The average molecular weight is 467 g/mol. The Morgan fingerprint density at radius 1 is 0.971 bits per heavy atom. The molecule has 2 aliphatic heterocycles. The molecule has 7 heteroatoms. The van der Waals surface area contributed by atoms with Crippen molar-refractivity contribution < 1.29 is 23.8 Å². The van der Waals surface area contributed by atoms with E-state index >= 15 is 0 Å². The highest BCUT2D eigenvalue weighted by molar-refractivity contribution is 5.97. The summed E-state index contributed by atoms with van der Waals surface area (Å²) in [5, 5.41) is 4.05. The first-order valence-corrected chi connectivity index (χ1v) is 12.1. The van der Waals surface area contributed by atoms with Crippen LogP contribution in [0.5, 0.6) is 11.5 Å². The maximum Gasteiger partial charge on any atom is 0.237 e. The molecule has 34 heavy (non-hydrogen) atoms. The SMILES string of the molecule is COc1ccc(C(=O)C[C@H]2CCCC(=O)N2N2CCC[C@H]2COCc2ccccc2)cc1OC. The van der Waals surface area contributed by atoms with Gasteiger partial charge in [0.1, 0.15) is 0 Å². The second kappa shape index (κ2) is 11.5. The standard InChI is InChI=1S/C27H34N2O5/c1-32-25-14-13-21(16-26(25)33-2)24(30)17-22-10-6-12-27(31)29(22)28-15-7-11-23(28)19-34-18-20-8-4-3-5-9-20/h3-5,8-9,13-14,16,22-23H,6-7,10-12,15,17-19H2,1-2H3/t22-,23+/m1/s1. The van der Waals surface area contributed by atoms with Gasteiger partial charge < -0.3 is 14.2 Å². The van der Waals surface area contributed by atoms with Crippen molar-refractivity contribution in [2.45, 2.75) is 57.2 Å². The molecule has 2 aromatic carbocycles. The molecule has 7 nitrogen and oxygen atoms in total. The fraction of sp³-hybridized carbons (Fsp3) is 0.481. The second-order valence-corrected chi connectivity index (χ2v) is 8.94. The van der Waals surface area contributed by atoms with Gasteiger partial charge >= 0.3 is 0 Å². The van der Waals surface area contributed by atoms with Crippen LogP contribution in [0.15, 0.2) is 48.5 Å². The van der Waals surface area contributed by atoms with E-state index < -0.39 is 0 Å². The Morgan fingerprint density at radius 2 is 1.74 bits per heavy atom. The molecule has 0 spiro atoms. The molecule has 0 unspecified atom stereocenters. The lowest BCUT2D eigenvalue weighted by atomic mass is 9.95. The smallest absolute Gasteiger partial charge is 0.237 e. The van der Waals surface area contributed by atoms with Crippen LogP contribution in [-0.2, 0) is 16.1 Å². The molecule has 2 atom stereocenters. The molecule has 2 heterocycles. The van der Waals surface area contributed by atoms with Crippen LogP contribution in [0.2, 0.25) is 0 Å². The summed E-state index contributed by atoms with van der Waals surface area (Å²) < 4.78 is 16.7. The number of hydrogen-bond acceptors (Lipinski definition) is 6. The Bertz CT molecular complexity index is 980. The lowest BCUT2D eigenvalue weighted by Crippen LogP contribution is -2.57. The lowest BCUT2D eigenvalue weighted by Gasteiger charge is -2.43. The maximum atomic E-state index is 13.2. The molecule has 4 rings (SSSR count). The normalized spacial score (nSPS) is 21.0. The second-order valence-electron chi connectivity index (χ2n) is 8.94. The lowest BCUT2D eigenvalue weighted by molar-refractivity contribution is -0.165. The predicted octanol–water partition coefficient (Wildman–Crippen LogP) is 4.25. The molecular formula is C27H34N2O5. The summed E-state index contributed by atoms with van der Waals surface area (Å²) in [5.41, 5.74) is 1.71. The zero-order valence-electron chi connectivity index (χ0n) is 20.1. The highest BCUT2D eigenvalue weighted by Crippen LogP contribution is 2.32. The summed E-state index contributed by atoms with van der Waals surface area (Å²) >= 11 is 0. The molecule has 2 fully saturated rings. The Kier molecular flexibility index (Phi) is 8.19. The van der Waals surface area contributed by atoms with Gasteiger partial charge in [-0.05, 0) is 49.4 Å². The van der Waals surface area contributed by atoms with Crippen LogP contribution in [-0.4, -0.2) is 61.2 Å². The van der Waals surface area contributed by atoms with Gasteiger partial charge in [-0.15, -0.1) is 0 Å². The van der Waals surface area contributed by atoms with E-state index in [1.165, 1.54) is 0 Å². The van der Waals surface area contributed by atoms with Gasteiger partial charge in [0, 0.05) is 24.9 Å². The van der Waals surface area contributed by atoms with E-state index in [0.29, 0.717) is 36.7 Å². The monoisotopic (exact) mass is 466 g/mol. The van der Waals surface area contributed by atoms with Crippen molar-refractivity contribution in [3.05, 3.63) is 59.7 Å². The Balaban J connectivity index is 1.43. The number of hydrazine groups is 1. The third-order valence-electron chi connectivity index (χ3n) is 6.70. The number of methoxy groups -OCH3 is 2. The van der Waals surface area contributed by atoms with Crippen LogP contribution in [0.3, 0.4) is 0 Å². The Morgan fingerprint density at radius 3 is 2.50 bits per heavy atom. The number of carbonyl (C=O) groups is 2. The minimum atomic E-state index is -0.142. The van der Waals surface area contributed by atoms with Crippen molar-refractivity contribution >= 4 is 11.7 Å². The van der Waals surface area contributed by atoms with Crippen LogP contribution in [0.25, 0.3) is 0 Å². The molecule has 1 amide bonds. The number of nitrogens with zero attached hydrogens (tertiary/aromatic N) is 2. The van der Waals surface area contributed by atoms with Gasteiger partial charge in [-0.1, -0.05) is 30.3 Å². The summed E-state index contributed by atoms with van der Waals surface area (Å²) in [6, 6.07) is 15.3. The molecule has 2 saturated heterocycles. The van der Waals surface area contributed by atoms with E-state index in [9.17, 15) is 9.59 Å². The number of rotatable bonds is 10. The number of ketones is 1. The molecule has 0 bridgehead atoms. The van der Waals surface area contributed by atoms with E-state index in [1.807, 2.05) is 23.2 Å². The van der Waals surface area contributed by atoms with Gasteiger partial charge in [0.2, 0.25) is 5.91 Å². The maximum absolute atomic E-state index is 13.2. The minimum absolute atomic E-state index is 0.00160. The summed E-state index contributed by atoms with van der Waals surface area (Å²) in [4.78, 5) is 26.2. The molecule has 0 N–H and O–H groups in total. The van der Waals surface area contributed by atoms with E-state index in [1.54, 1.807) is 32.4 Å². The van der Waals surface area contributed by atoms with Crippen molar-refractivity contribution in [3.63, 3.8) is 0 Å². The molecule has 2 aromatic rings. The van der Waals surface area contributed by atoms with Gasteiger partial charge in [0.25, 0.3) is 0 Å². The summed E-state index contributed by atoms with van der Waals surface area (Å²) in [5.74, 6) is 1.22. The first kappa shape index (κ1) is 24.2. The first-order valence-electron chi connectivity index (χ1n) is 12.1. The Hall–Kier alpha value is -2.90. The molecule has 182 valence electrons. The largest absolute Gasteiger partial charge is 0.493 e. The van der Waals surface area contributed by atoms with Gasteiger partial charge in [0.15, 0.2) is 17.3 Å². The Labute approximate surface area is 201 Å². The number of Topliss-reactive ketones (excluding diaryl/α,β-unsaturated/α-hetero) is 1. The first-order chi connectivity index (χ1) is 16.6. The zero-order chi connectivity index (χ0) is 23.9. The minimum Gasteiger partial charge on any atom is -0.493 e. The van der Waals surface area contributed by atoms with Crippen molar-refractivity contribution in [1.29, 1.82) is 0 Å². The number of hydrogen-bond donors (Lipinski definition) is 0. The molecule has 0 aliphatic carbocycles. The summed E-state index contributed by atoms with van der Waals surface area (Å²) in [6.07, 6.45) is 4.43. The van der Waals surface area contributed by atoms with Gasteiger partial charge in [0.05, 0.1) is 39.5 Å². The average Bonchev–Trinajstić information content (AvgIpc) is 3.32. The molecule has 2 aliphatic rings. The van der Waals surface area contributed by atoms with Crippen molar-refractivity contribution in [3.8, 4) is 11.5 Å². The summed E-state index contributed by atoms with van der Waals surface area (Å²) in [7, 11) is 3.13. The van der Waals surface area contributed by atoms with E-state index in [4.69, 9.17) is 14.2 Å². The molecule has 0 saturated carbocycles. The van der Waals surface area contributed by atoms with E-state index in [2.05, 4.69) is 17.1 Å². The number of piperidine rings is 1. The van der Waals surface area contributed by atoms with Crippen molar-refractivity contribution in [2.24, 2.45) is 0 Å². The van der Waals surface area contributed by atoms with Crippen LogP contribution in [0, 0.1) is 0 Å². The van der Waals surface area contributed by atoms with Gasteiger partial charge in [-0.2, -0.15) is 0 Å². The highest BCUT2D eigenvalue weighted by atomic mass is 16.5. The highest BCUT2D eigenvalue weighted by Gasteiger charge is 2.39. The van der Waals surface area contributed by atoms with Crippen molar-refractivity contribution in [2.75, 3.05) is 27.4 Å². The van der Waals surface area contributed by atoms with E-state index in [0.717, 1.165) is 37.8 Å². The topological polar surface area (TPSA) is 68.3 Å². The van der Waals surface area contributed by atoms with Crippen LogP contribution in [0.1, 0.15) is 54.4 Å². The van der Waals surface area contributed by atoms with Gasteiger partial charge in [-0.3, -0.25) is 14.6 Å². The molecular weight excluding hydrogens is 432 g/mol. The van der Waals surface area contributed by atoms with E-state index in [-0.39, 0.29) is 30.2 Å². The van der Waals surface area contributed by atoms with Gasteiger partial charge in [-0.25, -0.2) is 5.01 Å².